The predicted molar refractivity (Wildman–Crippen MR) is 85.3 cm³/mol. The average molecular weight is 323 g/mol. The number of fused-ring (bicyclic) bond motifs is 1. The highest BCUT2D eigenvalue weighted by Gasteiger charge is 2.31. The minimum absolute atomic E-state index is 0.121. The molecule has 0 unspecified atom stereocenters. The van der Waals surface area contributed by atoms with E-state index in [0.29, 0.717) is 12.0 Å². The molecule has 120 valence electrons. The molecule has 0 aliphatic carbocycles. The van der Waals surface area contributed by atoms with Crippen molar-refractivity contribution in [3.63, 3.8) is 0 Å². The maximum atomic E-state index is 12.3. The number of nitrogens with zero attached hydrogens (tertiary/aromatic N) is 2. The first-order valence-electron chi connectivity index (χ1n) is 7.28. The van der Waals surface area contributed by atoms with Gasteiger partial charge in [-0.15, -0.1) is 0 Å². The van der Waals surface area contributed by atoms with Gasteiger partial charge in [0.05, 0.1) is 4.90 Å². The fourth-order valence-electron chi connectivity index (χ4n) is 2.32. The number of likely N-dealkylation sites (N-methyl/N-ethyl adjacent to an activating group) is 1. The minimum Gasteiger partial charge on any atom is -0.347 e. The Labute approximate surface area is 131 Å². The Bertz CT molecular complexity index is 696. The van der Waals surface area contributed by atoms with Crippen LogP contribution in [0.1, 0.15) is 31.7 Å². The molecule has 0 bridgehead atoms. The Morgan fingerprint density at radius 1 is 1.32 bits per heavy atom. The van der Waals surface area contributed by atoms with Gasteiger partial charge in [0.2, 0.25) is 5.91 Å². The molecule has 0 radical (unpaired) electrons. The average Bonchev–Trinajstić information content (AvgIpc) is 2.74. The molecule has 2 rings (SSSR count). The number of hydrogen-bond acceptors (Lipinski definition) is 4. The van der Waals surface area contributed by atoms with Crippen LogP contribution in [0.2, 0.25) is 0 Å². The minimum atomic E-state index is -3.57. The summed E-state index contributed by atoms with van der Waals surface area (Å²) in [6, 6.07) is 6.09. The summed E-state index contributed by atoms with van der Waals surface area (Å²) in [5.74, 6) is 0.136. The maximum Gasteiger partial charge on any atom is 0.263 e. The van der Waals surface area contributed by atoms with E-state index in [1.807, 2.05) is 6.92 Å². The van der Waals surface area contributed by atoms with Gasteiger partial charge in [0.15, 0.2) is 0 Å². The molecule has 0 spiro atoms. The predicted octanol–water partition coefficient (Wildman–Crippen LogP) is 1.37. The summed E-state index contributed by atoms with van der Waals surface area (Å²) < 4.78 is 26.6. The summed E-state index contributed by atoms with van der Waals surface area (Å²) in [5, 5.41) is 0. The maximum absolute atomic E-state index is 12.3. The molecule has 1 aromatic carbocycles. The van der Waals surface area contributed by atoms with Gasteiger partial charge in [-0.05, 0) is 18.6 Å². The molecule has 0 fully saturated rings. The van der Waals surface area contributed by atoms with E-state index >= 15 is 0 Å². The van der Waals surface area contributed by atoms with Crippen LogP contribution in [-0.2, 0) is 14.8 Å². The number of amides is 1. The third kappa shape index (κ3) is 3.30. The first kappa shape index (κ1) is 16.5. The van der Waals surface area contributed by atoms with Crippen molar-refractivity contribution in [1.29, 1.82) is 0 Å². The van der Waals surface area contributed by atoms with E-state index in [2.05, 4.69) is 9.71 Å². The molecule has 1 aromatic rings. The van der Waals surface area contributed by atoms with Crippen molar-refractivity contribution in [2.24, 2.45) is 4.99 Å². The third-order valence-corrected chi connectivity index (χ3v) is 4.90. The van der Waals surface area contributed by atoms with Gasteiger partial charge in [-0.1, -0.05) is 31.9 Å². The zero-order valence-corrected chi connectivity index (χ0v) is 13.9. The van der Waals surface area contributed by atoms with Crippen molar-refractivity contribution in [3.05, 3.63) is 29.8 Å². The molecular weight excluding hydrogens is 302 g/mol. The summed E-state index contributed by atoms with van der Waals surface area (Å²) in [6.45, 7) is 2.04. The Balaban J connectivity index is 2.40. The summed E-state index contributed by atoms with van der Waals surface area (Å²) in [4.78, 5) is 18.4. The summed E-state index contributed by atoms with van der Waals surface area (Å²) in [6.07, 6.45) is 2.40. The second-order valence-corrected chi connectivity index (χ2v) is 7.12. The van der Waals surface area contributed by atoms with Gasteiger partial charge in [-0.3, -0.25) is 14.5 Å². The molecular formula is C15H21N3O3S. The van der Waals surface area contributed by atoms with Crippen LogP contribution in [0.15, 0.2) is 34.2 Å². The van der Waals surface area contributed by atoms with E-state index in [1.165, 1.54) is 11.0 Å². The normalized spacial score (nSPS) is 18.6. The van der Waals surface area contributed by atoms with Crippen LogP contribution in [-0.4, -0.2) is 45.2 Å². The highest BCUT2D eigenvalue weighted by Crippen LogP contribution is 2.23. The van der Waals surface area contributed by atoms with Gasteiger partial charge >= 0.3 is 0 Å². The van der Waals surface area contributed by atoms with Crippen LogP contribution in [0.3, 0.4) is 0 Å². The van der Waals surface area contributed by atoms with E-state index < -0.39 is 16.1 Å². The Morgan fingerprint density at radius 3 is 2.64 bits per heavy atom. The second-order valence-electron chi connectivity index (χ2n) is 5.47. The largest absolute Gasteiger partial charge is 0.347 e. The summed E-state index contributed by atoms with van der Waals surface area (Å²) in [7, 11) is -0.223. The number of hydrogen-bond donors (Lipinski definition) is 1. The van der Waals surface area contributed by atoms with Crippen LogP contribution < -0.4 is 4.72 Å². The number of amidine groups is 1. The number of nitrogens with one attached hydrogen (secondary N) is 1. The standard InChI is InChI=1S/C15H21N3O3S/c1-4-5-9-12(15(19)18(2)3)16-14-11-8-6-7-10-13(11)22(20,21)17-14/h6-8,10,12H,4-5,9H2,1-3H3,(H,16,17)/t12-/m0/s1. The summed E-state index contributed by atoms with van der Waals surface area (Å²) >= 11 is 0. The first-order valence-corrected chi connectivity index (χ1v) is 8.76. The van der Waals surface area contributed by atoms with E-state index in [1.54, 1.807) is 32.3 Å². The van der Waals surface area contributed by atoms with Crippen molar-refractivity contribution in [2.75, 3.05) is 14.1 Å². The van der Waals surface area contributed by atoms with Gasteiger partial charge < -0.3 is 4.90 Å². The van der Waals surface area contributed by atoms with E-state index in [0.717, 1.165) is 12.8 Å². The molecule has 0 aromatic heterocycles. The van der Waals surface area contributed by atoms with Gasteiger partial charge in [0, 0.05) is 19.7 Å². The van der Waals surface area contributed by atoms with E-state index in [-0.39, 0.29) is 16.6 Å². The second kappa shape index (κ2) is 6.48. The number of carbonyl (C=O) groups is 1. The van der Waals surface area contributed by atoms with Crippen molar-refractivity contribution >= 4 is 21.8 Å². The number of carbonyl (C=O) groups excluding carboxylic acids is 1. The van der Waals surface area contributed by atoms with Gasteiger partial charge in [0.1, 0.15) is 11.9 Å². The highest BCUT2D eigenvalue weighted by molar-refractivity contribution is 7.90. The van der Waals surface area contributed by atoms with E-state index in [4.69, 9.17) is 0 Å². The lowest BCUT2D eigenvalue weighted by molar-refractivity contribution is -0.130. The molecule has 1 amide bonds. The number of rotatable bonds is 5. The lowest BCUT2D eigenvalue weighted by Gasteiger charge is -2.17. The smallest absolute Gasteiger partial charge is 0.263 e. The monoisotopic (exact) mass is 323 g/mol. The van der Waals surface area contributed by atoms with Gasteiger partial charge in [-0.25, -0.2) is 8.42 Å². The molecule has 1 aliphatic heterocycles. The Hall–Kier alpha value is -1.89. The molecule has 0 saturated heterocycles. The molecule has 1 atom stereocenters. The zero-order chi connectivity index (χ0) is 16.3. The molecule has 1 heterocycles. The highest BCUT2D eigenvalue weighted by atomic mass is 32.2. The molecule has 0 saturated carbocycles. The quantitative estimate of drug-likeness (QED) is 0.889. The fraction of sp³-hybridized carbons (Fsp3) is 0.467. The van der Waals surface area contributed by atoms with Crippen molar-refractivity contribution in [3.8, 4) is 0 Å². The molecule has 1 N–H and O–H groups in total. The summed E-state index contributed by atoms with van der Waals surface area (Å²) in [5.41, 5.74) is 0.524. The topological polar surface area (TPSA) is 78.8 Å². The lowest BCUT2D eigenvalue weighted by Crippen LogP contribution is -2.34. The van der Waals surface area contributed by atoms with Crippen LogP contribution in [0.4, 0.5) is 0 Å². The number of benzene rings is 1. The molecule has 22 heavy (non-hydrogen) atoms. The lowest BCUT2D eigenvalue weighted by atomic mass is 10.1. The van der Waals surface area contributed by atoms with Crippen LogP contribution in [0, 0.1) is 0 Å². The SMILES string of the molecule is CCCC[C@H](N=C1NS(=O)(=O)c2ccccc21)C(=O)N(C)C. The van der Waals surface area contributed by atoms with Crippen LogP contribution in [0.25, 0.3) is 0 Å². The van der Waals surface area contributed by atoms with Crippen LogP contribution >= 0.6 is 0 Å². The Kier molecular flexibility index (Phi) is 4.85. The fourth-order valence-corrected chi connectivity index (χ4v) is 3.56. The first-order chi connectivity index (χ1) is 10.4. The molecule has 7 heteroatoms. The number of unbranched alkanes of at least 4 members (excludes halogenated alkanes) is 1. The molecule has 1 aliphatic rings. The third-order valence-electron chi connectivity index (χ3n) is 3.50. The van der Waals surface area contributed by atoms with Gasteiger partial charge in [0.25, 0.3) is 10.0 Å². The Morgan fingerprint density at radius 2 is 2.00 bits per heavy atom. The molecule has 6 nitrogen and oxygen atoms in total. The van der Waals surface area contributed by atoms with Crippen molar-refractivity contribution < 1.29 is 13.2 Å². The van der Waals surface area contributed by atoms with E-state index in [9.17, 15) is 13.2 Å². The number of aliphatic imine (C=N–C) groups is 1. The number of sulfonamides is 1. The zero-order valence-electron chi connectivity index (χ0n) is 13.0. The van der Waals surface area contributed by atoms with Crippen LogP contribution in [0.5, 0.6) is 0 Å². The van der Waals surface area contributed by atoms with Crippen molar-refractivity contribution in [2.45, 2.75) is 37.1 Å². The van der Waals surface area contributed by atoms with Crippen molar-refractivity contribution in [1.82, 2.24) is 9.62 Å². The van der Waals surface area contributed by atoms with Gasteiger partial charge in [-0.2, -0.15) is 0 Å².